The van der Waals surface area contributed by atoms with Crippen LogP contribution in [0.4, 0.5) is 0 Å². The van der Waals surface area contributed by atoms with Gasteiger partial charge in [0.2, 0.25) is 0 Å². The highest BCUT2D eigenvalue weighted by molar-refractivity contribution is 5.30. The molecule has 0 spiro atoms. The van der Waals surface area contributed by atoms with Crippen molar-refractivity contribution in [2.75, 3.05) is 13.2 Å². The molecule has 1 aromatic rings. The lowest BCUT2D eigenvalue weighted by atomic mass is 9.77. The van der Waals surface area contributed by atoms with E-state index in [0.29, 0.717) is 24.0 Å². The molecule has 0 saturated heterocycles. The lowest BCUT2D eigenvalue weighted by Gasteiger charge is -2.31. The van der Waals surface area contributed by atoms with Crippen LogP contribution >= 0.6 is 0 Å². The third kappa shape index (κ3) is 5.16. The number of ether oxygens (including phenoxy) is 1. The van der Waals surface area contributed by atoms with E-state index in [1.165, 1.54) is 5.56 Å². The molecule has 0 heterocycles. The normalized spacial score (nSPS) is 14.9. The molecule has 2 nitrogen and oxygen atoms in total. The maximum absolute atomic E-state index is 5.62. The van der Waals surface area contributed by atoms with Crippen LogP contribution in [0.15, 0.2) is 24.3 Å². The van der Waals surface area contributed by atoms with Gasteiger partial charge in [0.25, 0.3) is 0 Å². The third-order valence-corrected chi connectivity index (χ3v) is 4.09. The zero-order chi connectivity index (χ0) is 15.2. The van der Waals surface area contributed by atoms with Gasteiger partial charge in [0, 0.05) is 6.04 Å². The number of benzene rings is 1. The van der Waals surface area contributed by atoms with Crippen LogP contribution in [0.5, 0.6) is 5.75 Å². The van der Waals surface area contributed by atoms with Crippen molar-refractivity contribution in [1.82, 2.24) is 5.32 Å². The Morgan fingerprint density at radius 2 is 1.90 bits per heavy atom. The second-order valence-corrected chi connectivity index (χ2v) is 6.62. The van der Waals surface area contributed by atoms with E-state index < -0.39 is 0 Å². The Hall–Kier alpha value is -1.02. The van der Waals surface area contributed by atoms with Crippen LogP contribution in [0.1, 0.15) is 59.6 Å². The lowest BCUT2D eigenvalue weighted by molar-refractivity contribution is 0.223. The Kier molecular flexibility index (Phi) is 6.54. The third-order valence-electron chi connectivity index (χ3n) is 4.09. The second-order valence-electron chi connectivity index (χ2n) is 6.62. The van der Waals surface area contributed by atoms with E-state index in [0.717, 1.165) is 18.7 Å². The van der Waals surface area contributed by atoms with Crippen LogP contribution < -0.4 is 10.1 Å². The van der Waals surface area contributed by atoms with Crippen molar-refractivity contribution < 1.29 is 4.74 Å². The van der Waals surface area contributed by atoms with E-state index in [1.54, 1.807) is 0 Å². The van der Waals surface area contributed by atoms with Gasteiger partial charge < -0.3 is 10.1 Å². The van der Waals surface area contributed by atoms with Crippen molar-refractivity contribution in [3.63, 3.8) is 0 Å². The fourth-order valence-corrected chi connectivity index (χ4v) is 2.28. The minimum absolute atomic E-state index is 0.338. The summed E-state index contributed by atoms with van der Waals surface area (Å²) >= 11 is 0. The smallest absolute Gasteiger partial charge is 0.119 e. The van der Waals surface area contributed by atoms with E-state index >= 15 is 0 Å². The SMILES string of the molecule is CCNC(CC(C)C(C)(C)C)c1cccc(OCC)c1. The molecule has 0 aliphatic heterocycles. The van der Waals surface area contributed by atoms with E-state index in [9.17, 15) is 0 Å². The Morgan fingerprint density at radius 1 is 1.20 bits per heavy atom. The first-order valence-corrected chi connectivity index (χ1v) is 7.84. The molecule has 114 valence electrons. The summed E-state index contributed by atoms with van der Waals surface area (Å²) in [4.78, 5) is 0. The fourth-order valence-electron chi connectivity index (χ4n) is 2.28. The van der Waals surface area contributed by atoms with Crippen molar-refractivity contribution >= 4 is 0 Å². The monoisotopic (exact) mass is 277 g/mol. The highest BCUT2D eigenvalue weighted by Gasteiger charge is 2.24. The van der Waals surface area contributed by atoms with Crippen LogP contribution in [0.2, 0.25) is 0 Å². The average molecular weight is 277 g/mol. The van der Waals surface area contributed by atoms with Crippen molar-refractivity contribution in [1.29, 1.82) is 0 Å². The first-order valence-electron chi connectivity index (χ1n) is 7.84. The quantitative estimate of drug-likeness (QED) is 0.772. The minimum atomic E-state index is 0.338. The van der Waals surface area contributed by atoms with Crippen molar-refractivity contribution in [2.24, 2.45) is 11.3 Å². The summed E-state index contributed by atoms with van der Waals surface area (Å²) in [6.45, 7) is 15.2. The predicted molar refractivity (Wildman–Crippen MR) is 87.3 cm³/mol. The zero-order valence-corrected chi connectivity index (χ0v) is 14.0. The van der Waals surface area contributed by atoms with Crippen LogP contribution in [0, 0.1) is 11.3 Å². The van der Waals surface area contributed by atoms with E-state index in [1.807, 2.05) is 13.0 Å². The molecule has 20 heavy (non-hydrogen) atoms. The number of hydrogen-bond donors (Lipinski definition) is 1. The molecule has 0 aromatic heterocycles. The van der Waals surface area contributed by atoms with Gasteiger partial charge in [0.1, 0.15) is 5.75 Å². The van der Waals surface area contributed by atoms with Gasteiger partial charge in [-0.25, -0.2) is 0 Å². The molecule has 0 fully saturated rings. The molecule has 2 heteroatoms. The molecule has 0 saturated carbocycles. The maximum Gasteiger partial charge on any atom is 0.119 e. The van der Waals surface area contributed by atoms with E-state index in [-0.39, 0.29) is 0 Å². The van der Waals surface area contributed by atoms with Crippen molar-refractivity contribution in [2.45, 2.75) is 54.0 Å². The molecule has 0 bridgehead atoms. The number of rotatable bonds is 7. The second kappa shape index (κ2) is 7.68. The fraction of sp³-hybridized carbons (Fsp3) is 0.667. The van der Waals surface area contributed by atoms with Gasteiger partial charge in [-0.1, -0.05) is 46.8 Å². The molecular weight excluding hydrogens is 246 g/mol. The Bertz CT molecular complexity index is 395. The van der Waals surface area contributed by atoms with Gasteiger partial charge >= 0.3 is 0 Å². The van der Waals surface area contributed by atoms with Crippen molar-refractivity contribution in [3.05, 3.63) is 29.8 Å². The lowest BCUT2D eigenvalue weighted by Crippen LogP contribution is -2.27. The van der Waals surface area contributed by atoms with Crippen LogP contribution in [0.25, 0.3) is 0 Å². The molecule has 0 aliphatic carbocycles. The standard InChI is InChI=1S/C18H31NO/c1-7-19-17(12-14(3)18(4,5)6)15-10-9-11-16(13-15)20-8-2/h9-11,13-14,17,19H,7-8,12H2,1-6H3. The average Bonchev–Trinajstić information content (AvgIpc) is 2.37. The van der Waals surface area contributed by atoms with E-state index in [4.69, 9.17) is 4.74 Å². The summed E-state index contributed by atoms with van der Waals surface area (Å²) in [7, 11) is 0. The molecule has 2 unspecified atom stereocenters. The summed E-state index contributed by atoms with van der Waals surface area (Å²) in [6, 6.07) is 8.89. The van der Waals surface area contributed by atoms with Gasteiger partial charge in [-0.3, -0.25) is 0 Å². The van der Waals surface area contributed by atoms with Gasteiger partial charge in [0.05, 0.1) is 6.61 Å². The van der Waals surface area contributed by atoms with Gasteiger partial charge in [-0.2, -0.15) is 0 Å². The maximum atomic E-state index is 5.62. The highest BCUT2D eigenvalue weighted by Crippen LogP contribution is 2.34. The predicted octanol–water partition coefficient (Wildman–Crippen LogP) is 4.81. The minimum Gasteiger partial charge on any atom is -0.494 e. The Morgan fingerprint density at radius 3 is 2.45 bits per heavy atom. The summed E-state index contributed by atoms with van der Waals surface area (Å²) in [6.07, 6.45) is 1.15. The summed E-state index contributed by atoms with van der Waals surface area (Å²) < 4.78 is 5.62. The Labute approximate surface area is 124 Å². The summed E-state index contributed by atoms with van der Waals surface area (Å²) in [5, 5.41) is 3.62. The number of nitrogens with one attached hydrogen (secondary N) is 1. The summed E-state index contributed by atoms with van der Waals surface area (Å²) in [5.74, 6) is 1.62. The largest absolute Gasteiger partial charge is 0.494 e. The van der Waals surface area contributed by atoms with Crippen LogP contribution in [-0.2, 0) is 0 Å². The molecule has 0 aliphatic rings. The van der Waals surface area contributed by atoms with Gasteiger partial charge in [0.15, 0.2) is 0 Å². The van der Waals surface area contributed by atoms with Gasteiger partial charge in [-0.05, 0) is 48.9 Å². The Balaban J connectivity index is 2.87. The molecule has 1 N–H and O–H groups in total. The zero-order valence-electron chi connectivity index (χ0n) is 14.0. The molecule has 0 radical (unpaired) electrons. The van der Waals surface area contributed by atoms with Gasteiger partial charge in [-0.15, -0.1) is 0 Å². The molecular formula is C18H31NO. The molecule has 2 atom stereocenters. The topological polar surface area (TPSA) is 21.3 Å². The molecule has 1 rings (SSSR count). The summed E-state index contributed by atoms with van der Waals surface area (Å²) in [5.41, 5.74) is 1.67. The van der Waals surface area contributed by atoms with Crippen LogP contribution in [-0.4, -0.2) is 13.2 Å². The first-order chi connectivity index (χ1) is 9.38. The van der Waals surface area contributed by atoms with Crippen molar-refractivity contribution in [3.8, 4) is 5.75 Å². The molecule has 0 amide bonds. The number of hydrogen-bond acceptors (Lipinski definition) is 2. The van der Waals surface area contributed by atoms with Crippen LogP contribution in [0.3, 0.4) is 0 Å². The van der Waals surface area contributed by atoms with E-state index in [2.05, 4.69) is 58.1 Å². The molecule has 1 aromatic carbocycles. The first kappa shape index (κ1) is 17.0. The highest BCUT2D eigenvalue weighted by atomic mass is 16.5.